The summed E-state index contributed by atoms with van der Waals surface area (Å²) >= 11 is 1.91. The zero-order chi connectivity index (χ0) is 13.1. The molecule has 0 bridgehead atoms. The maximum Gasteiger partial charge on any atom is 0.00171 e. The highest BCUT2D eigenvalue weighted by molar-refractivity contribution is 7.10. The summed E-state index contributed by atoms with van der Waals surface area (Å²) in [5, 5.41) is 5.79. The Hall–Kier alpha value is -0.340. The molecule has 18 heavy (non-hydrogen) atoms. The molecule has 0 amide bonds. The Morgan fingerprint density at radius 3 is 2.72 bits per heavy atom. The number of aryl methyl sites for hydroxylation is 1. The van der Waals surface area contributed by atoms with Crippen LogP contribution in [0.25, 0.3) is 0 Å². The van der Waals surface area contributed by atoms with Crippen LogP contribution in [0.4, 0.5) is 0 Å². The average molecular weight is 265 g/mol. The molecular formula is C16H27NS. The monoisotopic (exact) mass is 265 g/mol. The highest BCUT2D eigenvalue weighted by Crippen LogP contribution is 2.43. The predicted molar refractivity (Wildman–Crippen MR) is 81.4 cm³/mol. The van der Waals surface area contributed by atoms with Crippen molar-refractivity contribution in [3.63, 3.8) is 0 Å². The molecule has 0 spiro atoms. The molecule has 102 valence electrons. The Labute approximate surface area is 116 Å². The third kappa shape index (κ3) is 3.16. The molecule has 3 atom stereocenters. The molecule has 1 nitrogen and oxygen atoms in total. The molecule has 1 heterocycles. The van der Waals surface area contributed by atoms with Crippen LogP contribution in [0.1, 0.15) is 49.5 Å². The summed E-state index contributed by atoms with van der Waals surface area (Å²) in [5.74, 6) is 3.37. The van der Waals surface area contributed by atoms with E-state index in [0.717, 1.165) is 23.7 Å². The topological polar surface area (TPSA) is 12.0 Å². The number of thiophene rings is 1. The van der Waals surface area contributed by atoms with Crippen molar-refractivity contribution < 1.29 is 0 Å². The van der Waals surface area contributed by atoms with Crippen molar-refractivity contribution in [2.75, 3.05) is 13.6 Å². The molecule has 1 fully saturated rings. The predicted octanol–water partition coefficient (Wildman–Crippen LogP) is 4.43. The molecule has 0 aromatic carbocycles. The molecule has 1 aromatic heterocycles. The largest absolute Gasteiger partial charge is 0.319 e. The lowest BCUT2D eigenvalue weighted by atomic mass is 9.68. The molecule has 3 unspecified atom stereocenters. The summed E-state index contributed by atoms with van der Waals surface area (Å²) in [7, 11) is 2.09. The first-order valence-corrected chi connectivity index (χ1v) is 8.19. The van der Waals surface area contributed by atoms with Crippen LogP contribution in [-0.4, -0.2) is 13.6 Å². The van der Waals surface area contributed by atoms with Crippen LogP contribution in [0, 0.1) is 24.7 Å². The van der Waals surface area contributed by atoms with Crippen LogP contribution in [-0.2, 0) is 0 Å². The molecule has 2 heteroatoms. The molecule has 1 saturated carbocycles. The lowest BCUT2D eigenvalue weighted by Gasteiger charge is -2.38. The molecule has 1 aromatic rings. The van der Waals surface area contributed by atoms with E-state index in [1.165, 1.54) is 30.7 Å². The number of hydrogen-bond donors (Lipinski definition) is 1. The van der Waals surface area contributed by atoms with Gasteiger partial charge in [0, 0.05) is 4.88 Å². The smallest absolute Gasteiger partial charge is 0.00171 e. The van der Waals surface area contributed by atoms with Crippen LogP contribution in [0.15, 0.2) is 11.4 Å². The molecule has 1 N–H and O–H groups in total. The minimum Gasteiger partial charge on any atom is -0.319 e. The van der Waals surface area contributed by atoms with Gasteiger partial charge in [0.15, 0.2) is 0 Å². The van der Waals surface area contributed by atoms with Crippen LogP contribution in [0.2, 0.25) is 0 Å². The molecule has 0 saturated heterocycles. The van der Waals surface area contributed by atoms with Crippen LogP contribution >= 0.6 is 11.3 Å². The molecule has 2 rings (SSSR count). The zero-order valence-corrected chi connectivity index (χ0v) is 13.0. The maximum absolute atomic E-state index is 3.39. The van der Waals surface area contributed by atoms with E-state index in [4.69, 9.17) is 0 Å². The highest BCUT2D eigenvalue weighted by Gasteiger charge is 2.32. The van der Waals surface area contributed by atoms with Gasteiger partial charge in [-0.3, -0.25) is 0 Å². The Morgan fingerprint density at radius 1 is 1.39 bits per heavy atom. The molecule has 0 radical (unpaired) electrons. The van der Waals surface area contributed by atoms with Crippen molar-refractivity contribution in [1.29, 1.82) is 0 Å². The minimum absolute atomic E-state index is 0.781. The van der Waals surface area contributed by atoms with E-state index in [1.54, 1.807) is 5.56 Å². The number of nitrogens with one attached hydrogen (secondary N) is 1. The van der Waals surface area contributed by atoms with Gasteiger partial charge < -0.3 is 5.32 Å². The Balaban J connectivity index is 2.14. The Kier molecular flexibility index (Phi) is 4.85. The van der Waals surface area contributed by atoms with Crippen molar-refractivity contribution in [2.45, 2.75) is 46.0 Å². The van der Waals surface area contributed by atoms with Crippen molar-refractivity contribution >= 4 is 11.3 Å². The van der Waals surface area contributed by atoms with Gasteiger partial charge in [-0.2, -0.15) is 0 Å². The second kappa shape index (κ2) is 6.21. The fourth-order valence-electron chi connectivity index (χ4n) is 3.44. The lowest BCUT2D eigenvalue weighted by Crippen LogP contribution is -2.31. The van der Waals surface area contributed by atoms with E-state index in [2.05, 4.69) is 44.6 Å². The first-order chi connectivity index (χ1) is 8.61. The van der Waals surface area contributed by atoms with E-state index in [1.807, 2.05) is 11.3 Å². The Bertz CT molecular complexity index is 369. The summed E-state index contributed by atoms with van der Waals surface area (Å²) in [4.78, 5) is 1.46. The van der Waals surface area contributed by atoms with E-state index < -0.39 is 0 Å². The number of hydrogen-bond acceptors (Lipinski definition) is 2. The summed E-state index contributed by atoms with van der Waals surface area (Å²) in [6.07, 6.45) is 4.20. The van der Waals surface area contributed by atoms with Gasteiger partial charge in [-0.15, -0.1) is 11.3 Å². The van der Waals surface area contributed by atoms with Crippen LogP contribution in [0.3, 0.4) is 0 Å². The summed E-state index contributed by atoms with van der Waals surface area (Å²) in [6.45, 7) is 8.17. The Morgan fingerprint density at radius 2 is 2.17 bits per heavy atom. The second-order valence-electron chi connectivity index (χ2n) is 6.23. The van der Waals surface area contributed by atoms with Gasteiger partial charge in [0.25, 0.3) is 0 Å². The fourth-order valence-corrected chi connectivity index (χ4v) is 4.21. The van der Waals surface area contributed by atoms with Gasteiger partial charge in [0.05, 0.1) is 0 Å². The van der Waals surface area contributed by atoms with Gasteiger partial charge >= 0.3 is 0 Å². The second-order valence-corrected chi connectivity index (χ2v) is 7.35. The molecular weight excluding hydrogens is 238 g/mol. The first kappa shape index (κ1) is 14.1. The van der Waals surface area contributed by atoms with E-state index >= 15 is 0 Å². The minimum atomic E-state index is 0.781. The van der Waals surface area contributed by atoms with Crippen molar-refractivity contribution in [1.82, 2.24) is 5.32 Å². The van der Waals surface area contributed by atoms with Gasteiger partial charge in [-0.1, -0.05) is 13.8 Å². The van der Waals surface area contributed by atoms with Crippen molar-refractivity contribution in [2.24, 2.45) is 17.8 Å². The van der Waals surface area contributed by atoms with Crippen molar-refractivity contribution in [3.8, 4) is 0 Å². The third-order valence-corrected chi connectivity index (χ3v) is 5.50. The summed E-state index contributed by atoms with van der Waals surface area (Å²) in [5.41, 5.74) is 1.60. The SMILES string of the molecule is CNCC1CCC(C(C)C)CC1c1csc(C)c1. The van der Waals surface area contributed by atoms with Crippen LogP contribution in [0.5, 0.6) is 0 Å². The van der Waals surface area contributed by atoms with Gasteiger partial charge in [-0.05, 0) is 80.5 Å². The van der Waals surface area contributed by atoms with E-state index in [0.29, 0.717) is 0 Å². The zero-order valence-electron chi connectivity index (χ0n) is 12.2. The lowest BCUT2D eigenvalue weighted by molar-refractivity contribution is 0.192. The molecule has 1 aliphatic rings. The standard InChI is InChI=1S/C16H27NS/c1-11(2)13-5-6-14(9-17-4)16(8-13)15-7-12(3)18-10-15/h7,10-11,13-14,16-17H,5-6,8-9H2,1-4H3. The van der Waals surface area contributed by atoms with Gasteiger partial charge in [-0.25, -0.2) is 0 Å². The fraction of sp³-hybridized carbons (Fsp3) is 0.750. The first-order valence-electron chi connectivity index (χ1n) is 7.31. The normalized spacial score (nSPS) is 28.8. The third-order valence-electron chi connectivity index (χ3n) is 4.62. The summed E-state index contributed by atoms with van der Waals surface area (Å²) in [6, 6.07) is 2.42. The van der Waals surface area contributed by atoms with E-state index in [9.17, 15) is 0 Å². The summed E-state index contributed by atoms with van der Waals surface area (Å²) < 4.78 is 0. The molecule has 1 aliphatic carbocycles. The van der Waals surface area contributed by atoms with Gasteiger partial charge in [0.2, 0.25) is 0 Å². The van der Waals surface area contributed by atoms with E-state index in [-0.39, 0.29) is 0 Å². The highest BCUT2D eigenvalue weighted by atomic mass is 32.1. The quantitative estimate of drug-likeness (QED) is 0.849. The molecule has 0 aliphatic heterocycles. The van der Waals surface area contributed by atoms with Gasteiger partial charge in [0.1, 0.15) is 0 Å². The maximum atomic E-state index is 3.39. The average Bonchev–Trinajstić information content (AvgIpc) is 2.76. The number of rotatable bonds is 4. The van der Waals surface area contributed by atoms with Crippen molar-refractivity contribution in [3.05, 3.63) is 21.9 Å². The van der Waals surface area contributed by atoms with Crippen LogP contribution < -0.4 is 5.32 Å².